The Balaban J connectivity index is 1.22. The van der Waals surface area contributed by atoms with Crippen LogP contribution in [0.2, 0.25) is 0 Å². The van der Waals surface area contributed by atoms with Crippen molar-refractivity contribution in [3.05, 3.63) is 52.6 Å². The molecule has 2 saturated heterocycles. The van der Waals surface area contributed by atoms with E-state index in [0.29, 0.717) is 31.0 Å². The van der Waals surface area contributed by atoms with Crippen LogP contribution < -0.4 is 22.1 Å². The van der Waals surface area contributed by atoms with E-state index in [1.54, 1.807) is 17.2 Å². The van der Waals surface area contributed by atoms with Crippen LogP contribution in [0.4, 0.5) is 10.6 Å². The van der Waals surface area contributed by atoms with E-state index in [-0.39, 0.29) is 11.8 Å². The van der Waals surface area contributed by atoms with Crippen molar-refractivity contribution in [3.63, 3.8) is 0 Å². The first-order chi connectivity index (χ1) is 16.1. The number of nitrogens with two attached hydrogens (primary N) is 1. The summed E-state index contributed by atoms with van der Waals surface area (Å²) in [6, 6.07) is 9.86. The van der Waals surface area contributed by atoms with Gasteiger partial charge in [0.25, 0.3) is 0 Å². The van der Waals surface area contributed by atoms with Crippen molar-refractivity contribution in [1.82, 2.24) is 24.7 Å². The first-order valence-electron chi connectivity index (χ1n) is 12.0. The quantitative estimate of drug-likeness (QED) is 0.623. The molecular weight excluding hydrogens is 418 g/mol. The van der Waals surface area contributed by atoms with Crippen LogP contribution in [-0.4, -0.2) is 77.2 Å². The van der Waals surface area contributed by atoms with Crippen molar-refractivity contribution in [2.75, 3.05) is 51.1 Å². The lowest BCUT2D eigenvalue weighted by Crippen LogP contribution is -2.49. The molecule has 5 rings (SSSR count). The maximum Gasteiger partial charge on any atom is 0.354 e. The number of rotatable bonds is 5. The highest BCUT2D eigenvalue weighted by atomic mass is 16.2. The highest BCUT2D eigenvalue weighted by Gasteiger charge is 2.39. The van der Waals surface area contributed by atoms with Gasteiger partial charge in [-0.2, -0.15) is 4.98 Å². The number of likely N-dealkylation sites (tertiary alicyclic amines) is 1. The van der Waals surface area contributed by atoms with Crippen molar-refractivity contribution in [3.8, 4) is 5.69 Å². The maximum atomic E-state index is 12.7. The van der Waals surface area contributed by atoms with Gasteiger partial charge in [0, 0.05) is 58.1 Å². The molecule has 2 unspecified atom stereocenters. The summed E-state index contributed by atoms with van der Waals surface area (Å²) in [6.07, 6.45) is 5.13. The zero-order valence-corrected chi connectivity index (χ0v) is 18.9. The lowest BCUT2D eigenvalue weighted by molar-refractivity contribution is 0.149. The van der Waals surface area contributed by atoms with Gasteiger partial charge < -0.3 is 20.9 Å². The lowest BCUT2D eigenvalue weighted by atomic mass is 9.93. The number of piperazine rings is 1. The van der Waals surface area contributed by atoms with Gasteiger partial charge in [-0.25, -0.2) is 9.59 Å². The summed E-state index contributed by atoms with van der Waals surface area (Å²) >= 11 is 0. The highest BCUT2D eigenvalue weighted by molar-refractivity contribution is 5.88. The van der Waals surface area contributed by atoms with Gasteiger partial charge in [0.15, 0.2) is 0 Å². The molecule has 0 spiro atoms. The Kier molecular flexibility index (Phi) is 6.43. The van der Waals surface area contributed by atoms with Gasteiger partial charge in [0.05, 0.1) is 5.69 Å². The Morgan fingerprint density at radius 2 is 1.91 bits per heavy atom. The average Bonchev–Trinajstić information content (AvgIpc) is 3.04. The van der Waals surface area contributed by atoms with Crippen LogP contribution >= 0.6 is 0 Å². The fraction of sp³-hybridized carbons (Fsp3) is 0.542. The smallest absolute Gasteiger partial charge is 0.327 e. The van der Waals surface area contributed by atoms with Crippen LogP contribution in [0.3, 0.4) is 0 Å². The van der Waals surface area contributed by atoms with Gasteiger partial charge in [-0.15, -0.1) is 0 Å². The van der Waals surface area contributed by atoms with Crippen LogP contribution in [0, 0.1) is 11.8 Å². The second kappa shape index (κ2) is 9.62. The number of carbonyl (C=O) groups is 1. The molecule has 2 atom stereocenters. The number of hydrogen-bond acceptors (Lipinski definition) is 6. The first kappa shape index (κ1) is 22.1. The Labute approximate surface area is 194 Å². The number of benzene rings is 1. The molecule has 9 nitrogen and oxygen atoms in total. The van der Waals surface area contributed by atoms with Crippen LogP contribution in [0.25, 0.3) is 5.69 Å². The second-order valence-electron chi connectivity index (χ2n) is 9.49. The molecule has 3 heterocycles. The normalized spacial score (nSPS) is 25.2. The molecule has 2 amide bonds. The molecule has 1 aromatic heterocycles. The number of nitrogens with one attached hydrogen (secondary N) is 2. The third-order valence-electron chi connectivity index (χ3n) is 7.33. The number of urea groups is 1. The Bertz CT molecular complexity index is 1040. The van der Waals surface area contributed by atoms with E-state index in [4.69, 9.17) is 5.73 Å². The third-order valence-corrected chi connectivity index (χ3v) is 7.33. The van der Waals surface area contributed by atoms with E-state index in [9.17, 15) is 9.59 Å². The summed E-state index contributed by atoms with van der Waals surface area (Å²) in [7, 11) is 0. The molecule has 1 saturated carbocycles. The van der Waals surface area contributed by atoms with Crippen molar-refractivity contribution in [2.45, 2.75) is 25.3 Å². The van der Waals surface area contributed by atoms with E-state index in [0.717, 1.165) is 44.8 Å². The molecule has 1 aliphatic carbocycles. The predicted octanol–water partition coefficient (Wildman–Crippen LogP) is 0.881. The number of carbonyl (C=O) groups excluding carboxylic acids is 1. The van der Waals surface area contributed by atoms with Crippen LogP contribution in [-0.2, 0) is 6.42 Å². The van der Waals surface area contributed by atoms with Crippen molar-refractivity contribution >= 4 is 11.8 Å². The summed E-state index contributed by atoms with van der Waals surface area (Å²) in [4.78, 5) is 33.4. The molecule has 2 bridgehead atoms. The van der Waals surface area contributed by atoms with Gasteiger partial charge >= 0.3 is 11.7 Å². The van der Waals surface area contributed by atoms with Gasteiger partial charge in [0.2, 0.25) is 0 Å². The Morgan fingerprint density at radius 3 is 2.64 bits per heavy atom. The molecule has 3 aliphatic rings. The second-order valence-corrected chi connectivity index (χ2v) is 9.49. The van der Waals surface area contributed by atoms with Crippen molar-refractivity contribution in [1.29, 1.82) is 0 Å². The zero-order valence-electron chi connectivity index (χ0n) is 18.9. The summed E-state index contributed by atoms with van der Waals surface area (Å²) in [6.45, 7) is 6.02. The summed E-state index contributed by atoms with van der Waals surface area (Å²) < 4.78 is 1.52. The highest BCUT2D eigenvalue weighted by Crippen LogP contribution is 2.35. The summed E-state index contributed by atoms with van der Waals surface area (Å²) in [5.41, 5.74) is 7.90. The van der Waals surface area contributed by atoms with E-state index >= 15 is 0 Å². The summed E-state index contributed by atoms with van der Waals surface area (Å²) in [5, 5.41) is 5.94. The largest absolute Gasteiger partial charge is 0.354 e. The molecular formula is C24H33N7O2. The predicted molar refractivity (Wildman–Crippen MR) is 128 cm³/mol. The van der Waals surface area contributed by atoms with Crippen LogP contribution in [0.15, 0.2) is 41.3 Å². The molecule has 2 aromatic rings. The SMILES string of the molecule is NC1C2CCC1CN(CCc1cccc(-n3ccc(NC(=O)N4CCNCC4)nc3=O)c1)C2. The van der Waals surface area contributed by atoms with E-state index in [1.165, 1.54) is 23.0 Å². The Morgan fingerprint density at radius 1 is 1.15 bits per heavy atom. The number of nitrogens with zero attached hydrogens (tertiary/aromatic N) is 4. The lowest BCUT2D eigenvalue weighted by Gasteiger charge is -2.36. The van der Waals surface area contributed by atoms with E-state index in [2.05, 4.69) is 26.6 Å². The standard InChI is InChI=1S/C24H33N7O2/c25-22-18-4-5-19(22)16-29(15-18)10-6-17-2-1-3-20(14-17)31-11-7-21(28-24(31)33)27-23(32)30-12-8-26-9-13-30/h1-3,7,11,14,18-19,22,26H,4-6,8-10,12-13,15-16,25H2,(H,27,28,32,33). The van der Waals surface area contributed by atoms with Gasteiger partial charge in [-0.1, -0.05) is 12.1 Å². The molecule has 4 N–H and O–H groups in total. The monoisotopic (exact) mass is 451 g/mol. The van der Waals surface area contributed by atoms with Gasteiger partial charge in [-0.05, 0) is 54.9 Å². The van der Waals surface area contributed by atoms with Crippen LogP contribution in [0.1, 0.15) is 18.4 Å². The molecule has 176 valence electrons. The molecule has 9 heteroatoms. The number of aromatic nitrogens is 2. The third kappa shape index (κ3) is 4.95. The molecule has 1 aromatic carbocycles. The maximum absolute atomic E-state index is 12.7. The number of anilines is 1. The average molecular weight is 452 g/mol. The zero-order chi connectivity index (χ0) is 22.8. The number of piperidine rings is 1. The number of hydrogen-bond donors (Lipinski definition) is 3. The first-order valence-corrected chi connectivity index (χ1v) is 12.0. The molecule has 2 aliphatic heterocycles. The number of fused-ring (bicyclic) bond motifs is 2. The van der Waals surface area contributed by atoms with Crippen molar-refractivity contribution < 1.29 is 4.79 Å². The Hall–Kier alpha value is -2.75. The minimum absolute atomic E-state index is 0.227. The molecule has 33 heavy (non-hydrogen) atoms. The van der Waals surface area contributed by atoms with Crippen molar-refractivity contribution in [2.24, 2.45) is 17.6 Å². The minimum Gasteiger partial charge on any atom is -0.327 e. The van der Waals surface area contributed by atoms with Crippen LogP contribution in [0.5, 0.6) is 0 Å². The molecule has 3 fully saturated rings. The minimum atomic E-state index is -0.410. The number of amides is 2. The van der Waals surface area contributed by atoms with Gasteiger partial charge in [0.1, 0.15) is 5.82 Å². The summed E-state index contributed by atoms with van der Waals surface area (Å²) in [5.74, 6) is 1.56. The fourth-order valence-electron chi connectivity index (χ4n) is 5.42. The topological polar surface area (TPSA) is 109 Å². The van der Waals surface area contributed by atoms with E-state index < -0.39 is 5.69 Å². The fourth-order valence-corrected chi connectivity index (χ4v) is 5.42. The molecule has 0 radical (unpaired) electrons. The van der Waals surface area contributed by atoms with Gasteiger partial charge in [-0.3, -0.25) is 9.88 Å². The van der Waals surface area contributed by atoms with E-state index in [1.807, 2.05) is 18.2 Å².